The number of piperidine rings is 1. The molecule has 0 radical (unpaired) electrons. The molecule has 0 aromatic heterocycles. The van der Waals surface area contributed by atoms with Gasteiger partial charge in [-0.25, -0.2) is 4.39 Å². The molecule has 5 rings (SSSR count). The molecule has 31 heavy (non-hydrogen) atoms. The number of rotatable bonds is 6. The van der Waals surface area contributed by atoms with Crippen LogP contribution in [0.5, 0.6) is 0 Å². The number of halogens is 1. The highest BCUT2D eigenvalue weighted by Gasteiger charge is 2.43. The van der Waals surface area contributed by atoms with Crippen LogP contribution in [0.2, 0.25) is 0 Å². The largest absolute Gasteiger partial charge is 0.369 e. The fraction of sp³-hybridized carbons (Fsp3) is 0.667. The number of anilines is 1. The zero-order valence-corrected chi connectivity index (χ0v) is 18.0. The second-order valence-electron chi connectivity index (χ2n) is 9.69. The van der Waals surface area contributed by atoms with E-state index in [0.29, 0.717) is 17.5 Å². The third-order valence-corrected chi connectivity index (χ3v) is 7.85. The third-order valence-electron chi connectivity index (χ3n) is 7.85. The standard InChI is InChI=1S/C24H32FN5O/c25-22-14-21(30-10-8-29(9-11-30)20-2-1-3-20)7-5-16(22)12-19(15-26)28-24(31)23-17-4-6-18(13-17)27-23/h5,7,14,17-20,23,27H,1-4,6,8-13H2,(H,28,31)/t17-,18+,19-,23-/m0/s1. The summed E-state index contributed by atoms with van der Waals surface area (Å²) in [6, 6.07) is 7.71. The summed E-state index contributed by atoms with van der Waals surface area (Å²) in [6.45, 7) is 3.91. The molecule has 166 valence electrons. The van der Waals surface area contributed by atoms with Gasteiger partial charge in [-0.2, -0.15) is 5.26 Å². The van der Waals surface area contributed by atoms with Crippen molar-refractivity contribution in [3.05, 3.63) is 29.6 Å². The van der Waals surface area contributed by atoms with Gasteiger partial charge in [0.1, 0.15) is 11.9 Å². The molecule has 1 aromatic carbocycles. The highest BCUT2D eigenvalue weighted by molar-refractivity contribution is 5.83. The van der Waals surface area contributed by atoms with E-state index in [4.69, 9.17) is 0 Å². The Morgan fingerprint density at radius 2 is 2.03 bits per heavy atom. The second kappa shape index (κ2) is 8.76. The first kappa shape index (κ1) is 20.7. The predicted octanol–water partition coefficient (Wildman–Crippen LogP) is 2.19. The lowest BCUT2D eigenvalue weighted by molar-refractivity contribution is -0.124. The Labute approximate surface area is 183 Å². The number of hydrogen-bond acceptors (Lipinski definition) is 5. The molecule has 2 saturated carbocycles. The smallest absolute Gasteiger partial charge is 0.238 e. The maximum Gasteiger partial charge on any atom is 0.238 e. The lowest BCUT2D eigenvalue weighted by atomic mass is 9.91. The molecule has 2 aliphatic carbocycles. The Bertz CT molecular complexity index is 858. The number of carbonyl (C=O) groups excluding carboxylic acids is 1. The normalized spacial score (nSPS) is 29.4. The van der Waals surface area contributed by atoms with Crippen molar-refractivity contribution in [2.24, 2.45) is 5.92 Å². The molecule has 1 amide bonds. The van der Waals surface area contributed by atoms with Crippen molar-refractivity contribution in [3.63, 3.8) is 0 Å². The molecule has 0 spiro atoms. The minimum absolute atomic E-state index is 0.125. The molecule has 2 heterocycles. The molecular weight excluding hydrogens is 393 g/mol. The van der Waals surface area contributed by atoms with Gasteiger partial charge in [0.25, 0.3) is 0 Å². The Kier molecular flexibility index (Phi) is 5.85. The molecular formula is C24H32FN5O. The fourth-order valence-electron chi connectivity index (χ4n) is 5.76. The molecule has 4 atom stereocenters. The maximum absolute atomic E-state index is 14.9. The molecule has 4 fully saturated rings. The van der Waals surface area contributed by atoms with Crippen molar-refractivity contribution in [1.82, 2.24) is 15.5 Å². The van der Waals surface area contributed by atoms with Gasteiger partial charge in [0.2, 0.25) is 5.91 Å². The van der Waals surface area contributed by atoms with Gasteiger partial charge in [-0.1, -0.05) is 12.5 Å². The summed E-state index contributed by atoms with van der Waals surface area (Å²) >= 11 is 0. The van der Waals surface area contributed by atoms with Crippen molar-refractivity contribution < 1.29 is 9.18 Å². The molecule has 2 aliphatic heterocycles. The Morgan fingerprint density at radius 1 is 1.23 bits per heavy atom. The average Bonchev–Trinajstić information content (AvgIpc) is 3.37. The summed E-state index contributed by atoms with van der Waals surface area (Å²) in [6.07, 6.45) is 7.40. The highest BCUT2D eigenvalue weighted by Crippen LogP contribution is 2.35. The first-order chi connectivity index (χ1) is 15.1. The van der Waals surface area contributed by atoms with Gasteiger partial charge in [0, 0.05) is 50.4 Å². The van der Waals surface area contributed by atoms with E-state index in [9.17, 15) is 14.4 Å². The summed E-state index contributed by atoms with van der Waals surface area (Å²) in [5, 5.41) is 15.7. The van der Waals surface area contributed by atoms with Gasteiger partial charge in [-0.3, -0.25) is 9.69 Å². The van der Waals surface area contributed by atoms with E-state index >= 15 is 0 Å². The zero-order valence-electron chi connectivity index (χ0n) is 18.0. The van der Waals surface area contributed by atoms with E-state index in [0.717, 1.165) is 57.2 Å². The van der Waals surface area contributed by atoms with Crippen LogP contribution in [-0.2, 0) is 11.2 Å². The number of amides is 1. The Morgan fingerprint density at radius 3 is 2.61 bits per heavy atom. The van der Waals surface area contributed by atoms with E-state index in [1.807, 2.05) is 6.07 Å². The number of nitriles is 1. The number of fused-ring (bicyclic) bond motifs is 2. The number of nitrogens with one attached hydrogen (secondary N) is 2. The second-order valence-corrected chi connectivity index (χ2v) is 9.69. The van der Waals surface area contributed by atoms with E-state index in [2.05, 4.69) is 26.5 Å². The first-order valence-corrected chi connectivity index (χ1v) is 11.8. The number of carbonyl (C=O) groups is 1. The number of piperazine rings is 1. The van der Waals surface area contributed by atoms with Gasteiger partial charge < -0.3 is 15.5 Å². The van der Waals surface area contributed by atoms with Crippen LogP contribution in [0.15, 0.2) is 18.2 Å². The predicted molar refractivity (Wildman–Crippen MR) is 117 cm³/mol. The summed E-state index contributed by atoms with van der Waals surface area (Å²) in [5.41, 5.74) is 1.38. The van der Waals surface area contributed by atoms with Crippen molar-refractivity contribution in [2.45, 2.75) is 69.1 Å². The van der Waals surface area contributed by atoms with E-state index < -0.39 is 6.04 Å². The van der Waals surface area contributed by atoms with Crippen molar-refractivity contribution >= 4 is 11.6 Å². The lowest BCUT2D eigenvalue weighted by Gasteiger charge is -2.43. The Balaban J connectivity index is 1.16. The first-order valence-electron chi connectivity index (χ1n) is 11.8. The van der Waals surface area contributed by atoms with Crippen LogP contribution < -0.4 is 15.5 Å². The van der Waals surface area contributed by atoms with Crippen LogP contribution in [0.3, 0.4) is 0 Å². The van der Waals surface area contributed by atoms with Crippen LogP contribution in [0.25, 0.3) is 0 Å². The molecule has 1 aromatic rings. The maximum atomic E-state index is 14.9. The van der Waals surface area contributed by atoms with Crippen molar-refractivity contribution in [1.29, 1.82) is 5.26 Å². The van der Waals surface area contributed by atoms with Gasteiger partial charge >= 0.3 is 0 Å². The van der Waals surface area contributed by atoms with Crippen molar-refractivity contribution in [2.75, 3.05) is 31.1 Å². The van der Waals surface area contributed by atoms with Crippen LogP contribution in [0.1, 0.15) is 44.1 Å². The van der Waals surface area contributed by atoms with Crippen LogP contribution >= 0.6 is 0 Å². The minimum atomic E-state index is -0.722. The van der Waals surface area contributed by atoms with Crippen LogP contribution in [-0.4, -0.2) is 61.2 Å². The fourth-order valence-corrected chi connectivity index (χ4v) is 5.76. The monoisotopic (exact) mass is 425 g/mol. The summed E-state index contributed by atoms with van der Waals surface area (Å²) in [5.74, 6) is -0.0586. The average molecular weight is 426 g/mol. The SMILES string of the molecule is N#C[C@H](Cc1ccc(N2CCN(C3CCC3)CC2)cc1F)NC(=O)[C@H]1N[C@@H]2CC[C@H]1C2. The van der Waals surface area contributed by atoms with Gasteiger partial charge in [0.15, 0.2) is 0 Å². The molecule has 2 N–H and O–H groups in total. The minimum Gasteiger partial charge on any atom is -0.369 e. The molecule has 2 saturated heterocycles. The van der Waals surface area contributed by atoms with E-state index in [-0.39, 0.29) is 24.2 Å². The molecule has 6 nitrogen and oxygen atoms in total. The molecule has 4 aliphatic rings. The summed E-state index contributed by atoms with van der Waals surface area (Å²) in [7, 11) is 0. The van der Waals surface area contributed by atoms with Gasteiger partial charge in [-0.05, 0) is 55.7 Å². The molecule has 7 heteroatoms. The van der Waals surface area contributed by atoms with Gasteiger partial charge in [0.05, 0.1) is 12.1 Å². The van der Waals surface area contributed by atoms with E-state index in [1.165, 1.54) is 19.3 Å². The Hall–Kier alpha value is -2.17. The number of benzene rings is 1. The van der Waals surface area contributed by atoms with Crippen LogP contribution in [0, 0.1) is 23.1 Å². The lowest BCUT2D eigenvalue weighted by Crippen LogP contribution is -2.52. The third kappa shape index (κ3) is 4.28. The topological polar surface area (TPSA) is 71.4 Å². The van der Waals surface area contributed by atoms with Crippen molar-refractivity contribution in [3.8, 4) is 6.07 Å². The highest BCUT2D eigenvalue weighted by atomic mass is 19.1. The number of hydrogen-bond donors (Lipinski definition) is 2. The number of nitrogens with zero attached hydrogens (tertiary/aromatic N) is 3. The van der Waals surface area contributed by atoms with E-state index in [1.54, 1.807) is 12.1 Å². The van der Waals surface area contributed by atoms with Gasteiger partial charge in [-0.15, -0.1) is 0 Å². The zero-order chi connectivity index (χ0) is 21.4. The molecule has 2 bridgehead atoms. The van der Waals surface area contributed by atoms with Crippen LogP contribution in [0.4, 0.5) is 10.1 Å². The quantitative estimate of drug-likeness (QED) is 0.731. The molecule has 0 unspecified atom stereocenters. The summed E-state index contributed by atoms with van der Waals surface area (Å²) in [4.78, 5) is 17.4. The summed E-state index contributed by atoms with van der Waals surface area (Å²) < 4.78 is 14.9.